The fraction of sp³-hybridized carbons (Fsp3) is 0.600. The van der Waals surface area contributed by atoms with Gasteiger partial charge in [0.25, 0.3) is 10.1 Å². The highest BCUT2D eigenvalue weighted by Gasteiger charge is 2.21. The first-order valence-corrected chi connectivity index (χ1v) is 8.44. The molecule has 20 heavy (non-hydrogen) atoms. The second kappa shape index (κ2) is 7.09. The van der Waals surface area contributed by atoms with Crippen LogP contribution in [0.5, 0.6) is 5.75 Å². The van der Waals surface area contributed by atoms with E-state index in [9.17, 15) is 13.0 Å². The van der Waals surface area contributed by atoms with Crippen LogP contribution in [-0.4, -0.2) is 19.6 Å². The van der Waals surface area contributed by atoms with Crippen LogP contribution in [0, 0.1) is 20.8 Å². The van der Waals surface area contributed by atoms with Crippen LogP contribution in [-0.2, 0) is 10.1 Å². The summed E-state index contributed by atoms with van der Waals surface area (Å²) in [5.41, 5.74) is 2.59. The van der Waals surface area contributed by atoms with Crippen molar-refractivity contribution in [1.29, 1.82) is 0 Å². The predicted octanol–water partition coefficient (Wildman–Crippen LogP) is 3.82. The summed E-state index contributed by atoms with van der Waals surface area (Å²) in [4.78, 5) is -0.131. The third-order valence-electron chi connectivity index (χ3n) is 3.59. The summed E-state index contributed by atoms with van der Waals surface area (Å²) in [6, 6.07) is 1.47. The topological polar surface area (TPSA) is 63.6 Å². The third-order valence-corrected chi connectivity index (χ3v) is 4.45. The van der Waals surface area contributed by atoms with Gasteiger partial charge in [0.15, 0.2) is 0 Å². The number of ether oxygens (including phenoxy) is 1. The average Bonchev–Trinajstić information content (AvgIpc) is 2.36. The highest BCUT2D eigenvalue weighted by molar-refractivity contribution is 7.86. The molecule has 1 aromatic carbocycles. The monoisotopic (exact) mass is 300 g/mol. The van der Waals surface area contributed by atoms with E-state index < -0.39 is 10.1 Å². The van der Waals surface area contributed by atoms with Gasteiger partial charge in [-0.2, -0.15) is 8.42 Å². The summed E-state index contributed by atoms with van der Waals surface area (Å²) in [6.07, 6.45) is 4.21. The average molecular weight is 300 g/mol. The van der Waals surface area contributed by atoms with E-state index in [0.29, 0.717) is 6.61 Å². The minimum absolute atomic E-state index is 0.131. The van der Waals surface area contributed by atoms with Crippen molar-refractivity contribution in [3.05, 3.63) is 22.8 Å². The van der Waals surface area contributed by atoms with Gasteiger partial charge < -0.3 is 4.74 Å². The molecule has 0 fully saturated rings. The molecule has 0 spiro atoms. The standard InChI is InChI=1S/C15H24O4S/c1-5-6-7-8-9-19-15-13(4)12(3)11(2)10-14(15)20(16,17)18/h10H,5-9H2,1-4H3,(H,16,17,18). The van der Waals surface area contributed by atoms with Gasteiger partial charge in [0.2, 0.25) is 0 Å². The van der Waals surface area contributed by atoms with Crippen LogP contribution in [0.3, 0.4) is 0 Å². The zero-order chi connectivity index (χ0) is 15.3. The second-order valence-corrected chi connectivity index (χ2v) is 6.54. The van der Waals surface area contributed by atoms with Gasteiger partial charge in [-0.3, -0.25) is 4.55 Å². The molecule has 5 heteroatoms. The number of aryl methyl sites for hydroxylation is 1. The van der Waals surface area contributed by atoms with E-state index >= 15 is 0 Å². The molecular formula is C15H24O4S. The maximum atomic E-state index is 11.5. The van der Waals surface area contributed by atoms with Crippen molar-refractivity contribution in [1.82, 2.24) is 0 Å². The van der Waals surface area contributed by atoms with Gasteiger partial charge in [-0.05, 0) is 49.9 Å². The molecule has 0 aromatic heterocycles. The van der Waals surface area contributed by atoms with Crippen LogP contribution >= 0.6 is 0 Å². The van der Waals surface area contributed by atoms with Gasteiger partial charge in [0, 0.05) is 0 Å². The quantitative estimate of drug-likeness (QED) is 0.614. The van der Waals surface area contributed by atoms with Crippen molar-refractivity contribution in [2.24, 2.45) is 0 Å². The minimum atomic E-state index is -4.27. The molecule has 0 radical (unpaired) electrons. The zero-order valence-electron chi connectivity index (χ0n) is 12.7. The van der Waals surface area contributed by atoms with E-state index in [1.54, 1.807) is 0 Å². The lowest BCUT2D eigenvalue weighted by Gasteiger charge is -2.16. The molecule has 0 atom stereocenters. The summed E-state index contributed by atoms with van der Waals surface area (Å²) in [5.74, 6) is 0.284. The smallest absolute Gasteiger partial charge is 0.298 e. The molecule has 0 saturated heterocycles. The second-order valence-electron chi connectivity index (χ2n) is 5.15. The van der Waals surface area contributed by atoms with E-state index in [1.165, 1.54) is 6.07 Å². The Morgan fingerprint density at radius 1 is 1.10 bits per heavy atom. The Morgan fingerprint density at radius 3 is 2.30 bits per heavy atom. The van der Waals surface area contributed by atoms with Crippen molar-refractivity contribution in [2.75, 3.05) is 6.61 Å². The fourth-order valence-corrected chi connectivity index (χ4v) is 2.87. The molecule has 1 rings (SSSR count). The molecule has 0 aliphatic carbocycles. The zero-order valence-corrected chi connectivity index (χ0v) is 13.5. The van der Waals surface area contributed by atoms with Crippen molar-refractivity contribution in [3.63, 3.8) is 0 Å². The van der Waals surface area contributed by atoms with Crippen molar-refractivity contribution in [2.45, 2.75) is 58.3 Å². The van der Waals surface area contributed by atoms with Gasteiger partial charge in [0.05, 0.1) is 6.61 Å². The van der Waals surface area contributed by atoms with Crippen LogP contribution in [0.4, 0.5) is 0 Å². The molecule has 1 aromatic rings. The highest BCUT2D eigenvalue weighted by Crippen LogP contribution is 2.32. The molecule has 0 bridgehead atoms. The van der Waals surface area contributed by atoms with Crippen molar-refractivity contribution in [3.8, 4) is 5.75 Å². The van der Waals surface area contributed by atoms with Gasteiger partial charge in [-0.25, -0.2) is 0 Å². The van der Waals surface area contributed by atoms with Crippen LogP contribution in [0.1, 0.15) is 49.3 Å². The van der Waals surface area contributed by atoms with E-state index in [4.69, 9.17) is 4.74 Å². The molecule has 114 valence electrons. The maximum absolute atomic E-state index is 11.5. The van der Waals surface area contributed by atoms with E-state index in [1.807, 2.05) is 20.8 Å². The van der Waals surface area contributed by atoms with Crippen molar-refractivity contribution >= 4 is 10.1 Å². The molecule has 0 heterocycles. The van der Waals surface area contributed by atoms with Gasteiger partial charge in [-0.15, -0.1) is 0 Å². The number of unbranched alkanes of at least 4 members (excludes halogenated alkanes) is 3. The lowest BCUT2D eigenvalue weighted by Crippen LogP contribution is -2.08. The Morgan fingerprint density at radius 2 is 1.75 bits per heavy atom. The summed E-state index contributed by atoms with van der Waals surface area (Å²) in [7, 11) is -4.27. The minimum Gasteiger partial charge on any atom is -0.492 e. The Balaban J connectivity index is 3.01. The van der Waals surface area contributed by atoms with Gasteiger partial charge in [0.1, 0.15) is 10.6 Å². The lowest BCUT2D eigenvalue weighted by molar-refractivity contribution is 0.294. The molecule has 0 aliphatic rings. The maximum Gasteiger partial charge on any atom is 0.298 e. The Labute approximate surface area is 121 Å². The van der Waals surface area contributed by atoms with Crippen LogP contribution < -0.4 is 4.74 Å². The first kappa shape index (κ1) is 17.0. The Hall–Kier alpha value is -1.07. The molecule has 1 N–H and O–H groups in total. The number of rotatable bonds is 7. The first-order valence-electron chi connectivity index (χ1n) is 7.00. The van der Waals surface area contributed by atoms with Gasteiger partial charge >= 0.3 is 0 Å². The van der Waals surface area contributed by atoms with E-state index in [-0.39, 0.29) is 10.6 Å². The van der Waals surface area contributed by atoms with E-state index in [0.717, 1.165) is 42.4 Å². The normalized spacial score (nSPS) is 11.7. The first-order chi connectivity index (χ1) is 9.29. The lowest BCUT2D eigenvalue weighted by atomic mass is 10.0. The van der Waals surface area contributed by atoms with Crippen LogP contribution in [0.2, 0.25) is 0 Å². The van der Waals surface area contributed by atoms with E-state index in [2.05, 4.69) is 6.92 Å². The third kappa shape index (κ3) is 4.21. The predicted molar refractivity (Wildman–Crippen MR) is 80.1 cm³/mol. The summed E-state index contributed by atoms with van der Waals surface area (Å²) in [6.45, 7) is 8.15. The summed E-state index contributed by atoms with van der Waals surface area (Å²) >= 11 is 0. The summed E-state index contributed by atoms with van der Waals surface area (Å²) < 4.78 is 37.9. The largest absolute Gasteiger partial charge is 0.492 e. The number of benzene rings is 1. The molecule has 0 unspecified atom stereocenters. The van der Waals surface area contributed by atoms with Gasteiger partial charge in [-0.1, -0.05) is 26.2 Å². The van der Waals surface area contributed by atoms with Crippen LogP contribution in [0.15, 0.2) is 11.0 Å². The molecule has 0 saturated carbocycles. The summed E-state index contributed by atoms with van der Waals surface area (Å²) in [5, 5.41) is 0. The molecule has 0 amide bonds. The molecule has 0 aliphatic heterocycles. The number of hydrogen-bond donors (Lipinski definition) is 1. The molecular weight excluding hydrogens is 276 g/mol. The van der Waals surface area contributed by atoms with Crippen molar-refractivity contribution < 1.29 is 17.7 Å². The Bertz CT molecular complexity index is 562. The SMILES string of the molecule is CCCCCCOc1c(S(=O)(=O)O)cc(C)c(C)c1C. The molecule has 4 nitrogen and oxygen atoms in total. The Kier molecular flexibility index (Phi) is 6.02. The fourth-order valence-electron chi connectivity index (χ4n) is 2.10. The highest BCUT2D eigenvalue weighted by atomic mass is 32.2. The number of hydrogen-bond acceptors (Lipinski definition) is 3. The van der Waals surface area contributed by atoms with Crippen LogP contribution in [0.25, 0.3) is 0 Å².